The Morgan fingerprint density at radius 1 is 0.567 bits per heavy atom. The molecule has 60 heavy (non-hydrogen) atoms. The number of carbonyl (C=O) groups is 4. The first kappa shape index (κ1) is 42.1. The van der Waals surface area contributed by atoms with E-state index in [0.717, 1.165) is 0 Å². The first-order valence-corrected chi connectivity index (χ1v) is 18.8. The number of ketones is 2. The molecule has 2 aliphatic carbocycles. The lowest BCUT2D eigenvalue weighted by Gasteiger charge is -2.29. The fourth-order valence-electron chi connectivity index (χ4n) is 7.75. The van der Waals surface area contributed by atoms with E-state index in [1.807, 2.05) is 0 Å². The van der Waals surface area contributed by atoms with Crippen LogP contribution in [-0.2, 0) is 19.1 Å². The summed E-state index contributed by atoms with van der Waals surface area (Å²) in [5.41, 5.74) is 2.42. The Kier molecular flexibility index (Phi) is 11.3. The van der Waals surface area contributed by atoms with Gasteiger partial charge in [0.15, 0.2) is 11.5 Å². The van der Waals surface area contributed by atoms with E-state index < -0.39 is 58.0 Å². The second kappa shape index (κ2) is 16.0. The number of nitrogens with one attached hydrogen (secondary N) is 2. The number of aliphatic hydroxyl groups is 2. The largest absolute Gasteiger partial charge is 0.507 e. The standard InChI is InChI=1S/C46H44N2O12/c1-19(2)33-27-13-21(5)35(41(53)37(27)29(39(51)43(33)55)17-47-23-9-11-25(31(49)15-23)45(57)59-7)36-22(6)14-28-34(20(3)4)44(56)40(52)30(38(28)42(36)54)18-48-24-10-12-26(32(50)16-24)46(58)60-8/h9-20,47-50,53-56H,1-8H3. The number of carbonyl (C=O) groups excluding carboxylic acids is 4. The number of hydrogen-bond donors (Lipinski definition) is 8. The summed E-state index contributed by atoms with van der Waals surface area (Å²) >= 11 is 0. The van der Waals surface area contributed by atoms with E-state index in [1.54, 1.807) is 53.7 Å². The minimum atomic E-state index is -0.819. The van der Waals surface area contributed by atoms with Crippen LogP contribution in [0.4, 0.5) is 11.4 Å². The van der Waals surface area contributed by atoms with Gasteiger partial charge in [-0.05, 0) is 72.2 Å². The highest BCUT2D eigenvalue weighted by Crippen LogP contribution is 2.53. The predicted molar refractivity (Wildman–Crippen MR) is 226 cm³/mol. The van der Waals surface area contributed by atoms with E-state index in [0.29, 0.717) is 22.3 Å². The van der Waals surface area contributed by atoms with Gasteiger partial charge in [0.25, 0.3) is 0 Å². The molecule has 0 spiro atoms. The zero-order valence-electron chi connectivity index (χ0n) is 34.1. The molecule has 0 heterocycles. The number of aromatic hydroxyl groups is 4. The van der Waals surface area contributed by atoms with Crippen LogP contribution in [0.25, 0.3) is 33.4 Å². The number of phenols is 4. The van der Waals surface area contributed by atoms with Crippen LogP contribution in [-0.4, -0.2) is 68.4 Å². The number of anilines is 2. The maximum atomic E-state index is 14.0. The number of benzene rings is 4. The molecular weight excluding hydrogens is 773 g/mol. The van der Waals surface area contributed by atoms with Crippen LogP contribution in [0.3, 0.4) is 0 Å². The van der Waals surface area contributed by atoms with Gasteiger partial charge < -0.3 is 50.7 Å². The van der Waals surface area contributed by atoms with Crippen molar-refractivity contribution in [2.24, 2.45) is 11.8 Å². The van der Waals surface area contributed by atoms with Gasteiger partial charge in [0, 0.05) is 69.3 Å². The fourth-order valence-corrected chi connectivity index (χ4v) is 7.75. The number of rotatable bonds is 9. The molecule has 2 aliphatic rings. The van der Waals surface area contributed by atoms with Crippen molar-refractivity contribution in [3.63, 3.8) is 0 Å². The van der Waals surface area contributed by atoms with Crippen molar-refractivity contribution in [3.8, 4) is 34.1 Å². The molecule has 4 aromatic carbocycles. The van der Waals surface area contributed by atoms with Gasteiger partial charge in [0.1, 0.15) is 34.1 Å². The van der Waals surface area contributed by atoms with Crippen molar-refractivity contribution in [1.82, 2.24) is 0 Å². The van der Waals surface area contributed by atoms with Crippen LogP contribution in [0, 0.1) is 25.7 Å². The van der Waals surface area contributed by atoms with Crippen molar-refractivity contribution >= 4 is 57.2 Å². The molecule has 0 saturated carbocycles. The lowest BCUT2D eigenvalue weighted by molar-refractivity contribution is -0.113. The molecule has 0 saturated heterocycles. The third-order valence-electron chi connectivity index (χ3n) is 10.5. The molecule has 6 rings (SSSR count). The number of hydrogen-bond acceptors (Lipinski definition) is 14. The Bertz CT molecular complexity index is 2500. The molecule has 0 radical (unpaired) electrons. The first-order chi connectivity index (χ1) is 28.3. The molecule has 0 aliphatic heterocycles. The van der Waals surface area contributed by atoms with E-state index in [-0.39, 0.29) is 78.9 Å². The van der Waals surface area contributed by atoms with Gasteiger partial charge in [-0.1, -0.05) is 39.8 Å². The Morgan fingerprint density at radius 3 is 1.22 bits per heavy atom. The molecule has 0 fully saturated rings. The highest BCUT2D eigenvalue weighted by atomic mass is 16.5. The number of methoxy groups -OCH3 is 2. The van der Waals surface area contributed by atoms with Gasteiger partial charge >= 0.3 is 11.9 Å². The summed E-state index contributed by atoms with van der Waals surface area (Å²) in [6, 6.07) is 11.4. The van der Waals surface area contributed by atoms with Crippen molar-refractivity contribution in [3.05, 3.63) is 117 Å². The highest BCUT2D eigenvalue weighted by Gasteiger charge is 2.38. The number of esters is 2. The summed E-state index contributed by atoms with van der Waals surface area (Å²) in [4.78, 5) is 52.0. The van der Waals surface area contributed by atoms with Crippen LogP contribution < -0.4 is 10.6 Å². The van der Waals surface area contributed by atoms with E-state index in [2.05, 4.69) is 10.6 Å². The number of aryl methyl sites for hydroxylation is 2. The molecule has 0 amide bonds. The van der Waals surface area contributed by atoms with Crippen molar-refractivity contribution < 1.29 is 59.3 Å². The van der Waals surface area contributed by atoms with Crippen molar-refractivity contribution in [2.75, 3.05) is 24.9 Å². The zero-order valence-corrected chi connectivity index (χ0v) is 34.1. The third-order valence-corrected chi connectivity index (χ3v) is 10.5. The lowest BCUT2D eigenvalue weighted by Crippen LogP contribution is -2.20. The zero-order chi connectivity index (χ0) is 44.1. The fraction of sp³-hybridized carbons (Fsp3) is 0.217. The van der Waals surface area contributed by atoms with Crippen LogP contribution in [0.2, 0.25) is 0 Å². The van der Waals surface area contributed by atoms with Gasteiger partial charge in [0.2, 0.25) is 11.6 Å². The molecule has 0 bridgehead atoms. The molecule has 310 valence electrons. The highest BCUT2D eigenvalue weighted by molar-refractivity contribution is 6.35. The molecule has 0 unspecified atom stereocenters. The average molecular weight is 817 g/mol. The van der Waals surface area contributed by atoms with Gasteiger partial charge in [0.05, 0.1) is 25.4 Å². The first-order valence-electron chi connectivity index (χ1n) is 18.8. The Morgan fingerprint density at radius 2 is 0.917 bits per heavy atom. The van der Waals surface area contributed by atoms with Gasteiger partial charge in [-0.15, -0.1) is 0 Å². The van der Waals surface area contributed by atoms with Gasteiger partial charge in [-0.3, -0.25) is 9.59 Å². The summed E-state index contributed by atoms with van der Waals surface area (Å²) in [6.07, 6.45) is 2.51. The van der Waals surface area contributed by atoms with E-state index >= 15 is 0 Å². The van der Waals surface area contributed by atoms with E-state index in [9.17, 15) is 49.8 Å². The molecular formula is C46H44N2O12. The maximum Gasteiger partial charge on any atom is 0.341 e. The molecule has 8 N–H and O–H groups in total. The van der Waals surface area contributed by atoms with E-state index in [4.69, 9.17) is 9.47 Å². The normalized spacial score (nSPS) is 15.2. The van der Waals surface area contributed by atoms with Crippen LogP contribution in [0.5, 0.6) is 23.0 Å². The topological polar surface area (TPSA) is 232 Å². The number of allylic oxidation sites excluding steroid dienone is 4. The third kappa shape index (κ3) is 7.05. The Hall–Kier alpha value is -7.48. The number of aliphatic hydroxyl groups excluding tert-OH is 2. The molecule has 14 nitrogen and oxygen atoms in total. The summed E-state index contributed by atoms with van der Waals surface area (Å²) in [5.74, 6) is -6.63. The quantitative estimate of drug-likeness (QED) is 0.0587. The monoisotopic (exact) mass is 816 g/mol. The van der Waals surface area contributed by atoms with Crippen LogP contribution in [0.15, 0.2) is 72.4 Å². The smallest absolute Gasteiger partial charge is 0.341 e. The lowest BCUT2D eigenvalue weighted by atomic mass is 9.75. The minimum absolute atomic E-state index is 0.0330. The maximum absolute atomic E-state index is 14.0. The molecule has 14 heteroatoms. The second-order valence-corrected chi connectivity index (χ2v) is 15.0. The Balaban J connectivity index is 1.57. The minimum Gasteiger partial charge on any atom is -0.507 e. The molecule has 0 atom stereocenters. The molecule has 4 aromatic rings. The van der Waals surface area contributed by atoms with Gasteiger partial charge in [-0.2, -0.15) is 0 Å². The van der Waals surface area contributed by atoms with Crippen molar-refractivity contribution in [2.45, 2.75) is 41.5 Å². The second-order valence-electron chi connectivity index (χ2n) is 15.0. The summed E-state index contributed by atoms with van der Waals surface area (Å²) in [5, 5.41) is 74.1. The van der Waals surface area contributed by atoms with E-state index in [1.165, 1.54) is 63.0 Å². The number of ether oxygens (including phenoxy) is 2. The number of phenolic OH excluding ortho intramolecular Hbond substituents is 4. The Labute approximate surface area is 345 Å². The van der Waals surface area contributed by atoms with Crippen molar-refractivity contribution in [1.29, 1.82) is 0 Å². The SMILES string of the molecule is COC(=O)c1ccc(NC=C2C(=O)C(O)=C(C(C)C)c3cc(C)c(-c4c(C)cc5c(c4O)C(=CNc4ccc(C(=O)OC)c(O)c4)C(=O)C(O)=C5C(C)C)c(O)c32)cc1O. The van der Waals surface area contributed by atoms with Crippen LogP contribution in [0.1, 0.15) is 81.8 Å². The van der Waals surface area contributed by atoms with Gasteiger partial charge in [-0.25, -0.2) is 9.59 Å². The number of fused-ring (bicyclic) bond motifs is 2. The predicted octanol–water partition coefficient (Wildman–Crippen LogP) is 8.29. The summed E-state index contributed by atoms with van der Waals surface area (Å²) < 4.78 is 9.38. The summed E-state index contributed by atoms with van der Waals surface area (Å²) in [6.45, 7) is 10.5. The number of Topliss-reactive ketones (excluding diaryl/α,β-unsaturated/α-hetero) is 2. The molecule has 0 aromatic heterocycles. The van der Waals surface area contributed by atoms with Crippen LogP contribution >= 0.6 is 0 Å². The summed E-state index contributed by atoms with van der Waals surface area (Å²) in [7, 11) is 2.34. The average Bonchev–Trinajstić information content (AvgIpc) is 3.19.